The molecule has 0 saturated carbocycles. The number of nitrogens with one attached hydrogen (secondary N) is 1. The molecule has 0 bridgehead atoms. The van der Waals surface area contributed by atoms with Crippen LogP contribution in [0.4, 0.5) is 0 Å². The molecule has 144 valence electrons. The van der Waals surface area contributed by atoms with Crippen LogP contribution in [0.2, 0.25) is 0 Å². The molecule has 1 saturated heterocycles. The van der Waals surface area contributed by atoms with Gasteiger partial charge in [0, 0.05) is 47.5 Å². The lowest BCUT2D eigenvalue weighted by molar-refractivity contribution is -0.0962. The summed E-state index contributed by atoms with van der Waals surface area (Å²) in [6.07, 6.45) is 4.25. The van der Waals surface area contributed by atoms with Crippen LogP contribution in [0.3, 0.4) is 0 Å². The van der Waals surface area contributed by atoms with Gasteiger partial charge in [0.25, 0.3) is 0 Å². The maximum atomic E-state index is 12.2. The fraction of sp³-hybridized carbons (Fsp3) is 0.500. The number of aromatic nitrogens is 1. The van der Waals surface area contributed by atoms with Crippen molar-refractivity contribution in [1.29, 1.82) is 0 Å². The van der Waals surface area contributed by atoms with Gasteiger partial charge in [-0.1, -0.05) is 0 Å². The number of H-pyrrole nitrogens is 1. The average molecular weight is 388 g/mol. The van der Waals surface area contributed by atoms with Gasteiger partial charge in [-0.3, -0.25) is 9.69 Å². The molecule has 0 aromatic carbocycles. The van der Waals surface area contributed by atoms with Crippen LogP contribution >= 0.6 is 11.3 Å². The number of nitrogens with zero attached hydrogens (tertiary/aromatic N) is 1. The van der Waals surface area contributed by atoms with Crippen LogP contribution in [0.5, 0.6) is 0 Å². The zero-order valence-electron chi connectivity index (χ0n) is 15.6. The number of aryl methyl sites for hydroxylation is 1. The number of likely N-dealkylation sites (tertiary alicyclic amines) is 1. The summed E-state index contributed by atoms with van der Waals surface area (Å²) in [4.78, 5) is 30.6. The Labute approximate surface area is 161 Å². The van der Waals surface area contributed by atoms with Gasteiger partial charge in [-0.15, -0.1) is 11.3 Å². The van der Waals surface area contributed by atoms with Crippen molar-refractivity contribution >= 4 is 17.3 Å². The topological polar surface area (TPSA) is 82.6 Å². The van der Waals surface area contributed by atoms with E-state index in [4.69, 9.17) is 4.74 Å². The Hall–Kier alpha value is -1.96. The molecular formula is C20H24N2O4S. The first kappa shape index (κ1) is 18.4. The maximum Gasteiger partial charge on any atom is 0.345 e. The van der Waals surface area contributed by atoms with Crippen molar-refractivity contribution in [3.8, 4) is 0 Å². The number of carbonyl (C=O) groups is 1. The van der Waals surface area contributed by atoms with Gasteiger partial charge in [-0.25, -0.2) is 4.79 Å². The standard InChI is InChI=1S/C20H24N2O4S/c1-12-10-21-15(13(2)17(12)23)11-22-6-4-20(5-7-22)18-14(3-8-26-20)9-16(27-18)19(24)25/h9-10H,3-8,11H2,1-2H3,(H,21,23)(H,24,25). The number of ether oxygens (including phenoxy) is 1. The van der Waals surface area contributed by atoms with Gasteiger partial charge in [0.05, 0.1) is 6.61 Å². The van der Waals surface area contributed by atoms with Gasteiger partial charge in [0.15, 0.2) is 5.43 Å². The first-order chi connectivity index (χ1) is 12.9. The van der Waals surface area contributed by atoms with Gasteiger partial charge in [0.2, 0.25) is 0 Å². The summed E-state index contributed by atoms with van der Waals surface area (Å²) >= 11 is 1.37. The number of hydrogen-bond acceptors (Lipinski definition) is 5. The molecule has 0 atom stereocenters. The Bertz CT molecular complexity index is 938. The molecule has 0 amide bonds. The normalized spacial score (nSPS) is 19.2. The minimum atomic E-state index is -0.860. The molecule has 2 aliphatic heterocycles. The van der Waals surface area contributed by atoms with Crippen molar-refractivity contribution in [3.63, 3.8) is 0 Å². The highest BCUT2D eigenvalue weighted by atomic mass is 32.1. The maximum absolute atomic E-state index is 12.2. The molecule has 1 spiro atoms. The van der Waals surface area contributed by atoms with Crippen molar-refractivity contribution in [2.45, 2.75) is 45.3 Å². The zero-order valence-corrected chi connectivity index (χ0v) is 16.4. The van der Waals surface area contributed by atoms with Gasteiger partial charge >= 0.3 is 5.97 Å². The highest BCUT2D eigenvalue weighted by Gasteiger charge is 2.42. The second-order valence-electron chi connectivity index (χ2n) is 7.54. The number of carboxylic acid groups (broad SMARTS) is 1. The third-order valence-electron chi connectivity index (χ3n) is 5.84. The van der Waals surface area contributed by atoms with Crippen LogP contribution in [0.1, 0.15) is 49.8 Å². The molecule has 7 heteroatoms. The van der Waals surface area contributed by atoms with Crippen molar-refractivity contribution in [2.24, 2.45) is 0 Å². The lowest BCUT2D eigenvalue weighted by Gasteiger charge is -2.43. The van der Waals surface area contributed by atoms with E-state index in [0.717, 1.165) is 66.2 Å². The second kappa shape index (κ2) is 6.89. The summed E-state index contributed by atoms with van der Waals surface area (Å²) in [5.74, 6) is -0.860. The molecule has 27 heavy (non-hydrogen) atoms. The number of carboxylic acids is 1. The highest BCUT2D eigenvalue weighted by molar-refractivity contribution is 7.14. The predicted molar refractivity (Wildman–Crippen MR) is 104 cm³/mol. The largest absolute Gasteiger partial charge is 0.477 e. The van der Waals surface area contributed by atoms with E-state index in [9.17, 15) is 14.7 Å². The van der Waals surface area contributed by atoms with Crippen LogP contribution in [-0.4, -0.2) is 40.7 Å². The fourth-order valence-electron chi connectivity index (χ4n) is 4.16. The number of hydrogen-bond donors (Lipinski definition) is 2. The third kappa shape index (κ3) is 3.24. The summed E-state index contributed by atoms with van der Waals surface area (Å²) < 4.78 is 6.22. The summed E-state index contributed by atoms with van der Waals surface area (Å²) in [7, 11) is 0. The molecule has 6 nitrogen and oxygen atoms in total. The molecule has 4 rings (SSSR count). The van der Waals surface area contributed by atoms with E-state index in [2.05, 4.69) is 9.88 Å². The highest BCUT2D eigenvalue weighted by Crippen LogP contribution is 2.45. The number of pyridine rings is 1. The van der Waals surface area contributed by atoms with Gasteiger partial charge in [0.1, 0.15) is 10.5 Å². The van der Waals surface area contributed by atoms with Gasteiger partial charge in [-0.2, -0.15) is 0 Å². The van der Waals surface area contributed by atoms with E-state index in [1.165, 1.54) is 11.3 Å². The summed E-state index contributed by atoms with van der Waals surface area (Å²) in [5.41, 5.74) is 3.39. The molecule has 0 aliphatic carbocycles. The number of aromatic amines is 1. The number of aromatic carboxylic acids is 1. The molecule has 2 N–H and O–H groups in total. The number of thiophene rings is 1. The summed E-state index contributed by atoms with van der Waals surface area (Å²) in [6, 6.07) is 1.82. The average Bonchev–Trinajstić information content (AvgIpc) is 3.10. The van der Waals surface area contributed by atoms with Gasteiger partial charge in [-0.05, 0) is 44.7 Å². The van der Waals surface area contributed by atoms with E-state index in [1.54, 1.807) is 6.20 Å². The van der Waals surface area contributed by atoms with E-state index in [0.29, 0.717) is 11.5 Å². The third-order valence-corrected chi connectivity index (χ3v) is 7.19. The number of piperidine rings is 1. The fourth-order valence-corrected chi connectivity index (χ4v) is 5.41. The van der Waals surface area contributed by atoms with Crippen LogP contribution in [0.25, 0.3) is 0 Å². The molecule has 0 radical (unpaired) electrons. The molecule has 2 aromatic rings. The first-order valence-corrected chi connectivity index (χ1v) is 10.1. The van der Waals surface area contributed by atoms with Crippen LogP contribution in [-0.2, 0) is 23.3 Å². The summed E-state index contributed by atoms with van der Waals surface area (Å²) in [6.45, 7) is 6.78. The molecular weight excluding hydrogens is 364 g/mol. The molecule has 1 fully saturated rings. The van der Waals surface area contributed by atoms with E-state index in [1.807, 2.05) is 19.9 Å². The smallest absolute Gasteiger partial charge is 0.345 e. The monoisotopic (exact) mass is 388 g/mol. The molecule has 2 aromatic heterocycles. The predicted octanol–water partition coefficient (Wildman–Crippen LogP) is 2.82. The minimum absolute atomic E-state index is 0.109. The zero-order chi connectivity index (χ0) is 19.2. The van der Waals surface area contributed by atoms with Crippen molar-refractivity contribution in [1.82, 2.24) is 9.88 Å². The summed E-state index contributed by atoms with van der Waals surface area (Å²) in [5, 5.41) is 9.33. The Morgan fingerprint density at radius 3 is 2.81 bits per heavy atom. The number of rotatable bonds is 3. The van der Waals surface area contributed by atoms with Crippen molar-refractivity contribution < 1.29 is 14.6 Å². The Balaban J connectivity index is 1.51. The lowest BCUT2D eigenvalue weighted by Crippen LogP contribution is -2.45. The van der Waals surface area contributed by atoms with E-state index in [-0.39, 0.29) is 11.0 Å². The Morgan fingerprint density at radius 1 is 1.37 bits per heavy atom. The van der Waals surface area contributed by atoms with Crippen molar-refractivity contribution in [3.05, 3.63) is 54.6 Å². The molecule has 2 aliphatic rings. The number of fused-ring (bicyclic) bond motifs is 2. The molecule has 4 heterocycles. The van der Waals surface area contributed by atoms with Crippen LogP contribution in [0.15, 0.2) is 17.1 Å². The van der Waals surface area contributed by atoms with Crippen LogP contribution < -0.4 is 5.43 Å². The minimum Gasteiger partial charge on any atom is -0.477 e. The SMILES string of the molecule is Cc1c[nH]c(CN2CCC3(CC2)OCCc2cc(C(=O)O)sc23)c(C)c1=O. The molecule has 0 unspecified atom stereocenters. The Morgan fingerprint density at radius 2 is 2.11 bits per heavy atom. The first-order valence-electron chi connectivity index (χ1n) is 9.30. The van der Waals surface area contributed by atoms with E-state index >= 15 is 0 Å². The van der Waals surface area contributed by atoms with Crippen LogP contribution in [0, 0.1) is 13.8 Å². The Kier molecular flexibility index (Phi) is 4.70. The van der Waals surface area contributed by atoms with E-state index < -0.39 is 5.97 Å². The second-order valence-corrected chi connectivity index (χ2v) is 8.60. The lowest BCUT2D eigenvalue weighted by atomic mass is 9.85. The van der Waals surface area contributed by atoms with Gasteiger partial charge < -0.3 is 14.8 Å². The van der Waals surface area contributed by atoms with Crippen molar-refractivity contribution in [2.75, 3.05) is 19.7 Å². The quantitative estimate of drug-likeness (QED) is 0.845.